The van der Waals surface area contributed by atoms with Gasteiger partial charge in [0.2, 0.25) is 5.91 Å². The minimum Gasteiger partial charge on any atom is -0.306 e. The van der Waals surface area contributed by atoms with E-state index in [2.05, 4.69) is 29.1 Å². The minimum absolute atomic E-state index is 0.134. The maximum absolute atomic E-state index is 13.0. The molecule has 104 valence electrons. The Morgan fingerprint density at radius 3 is 2.50 bits per heavy atom. The lowest BCUT2D eigenvalue weighted by Crippen LogP contribution is -2.47. The van der Waals surface area contributed by atoms with Crippen molar-refractivity contribution < 1.29 is 4.79 Å². The molecule has 4 heteroatoms. The maximum Gasteiger partial charge on any atom is 0.242 e. The molecule has 2 aromatic rings. The molecule has 0 atom stereocenters. The van der Waals surface area contributed by atoms with Gasteiger partial charge in [-0.05, 0) is 38.5 Å². The number of nitrogens with zero attached hydrogens (tertiary/aromatic N) is 3. The van der Waals surface area contributed by atoms with Crippen LogP contribution in [0.4, 0.5) is 0 Å². The van der Waals surface area contributed by atoms with E-state index < -0.39 is 5.41 Å². The normalized spacial score (nSPS) is 18.9. The standard InChI is InChI=1S/C16H19N3O/c1-18-10-7-16(8-11-18,14-5-3-2-4-6-14)15(20)19-12-9-17-13-19/h2-6,9,12-13H,7-8,10-11H2,1H3. The van der Waals surface area contributed by atoms with E-state index in [0.717, 1.165) is 31.5 Å². The maximum atomic E-state index is 13.0. The minimum atomic E-state index is -0.422. The van der Waals surface area contributed by atoms with Crippen LogP contribution in [-0.2, 0) is 5.41 Å². The Labute approximate surface area is 119 Å². The molecule has 0 spiro atoms. The molecule has 0 unspecified atom stereocenters. The number of hydrogen-bond acceptors (Lipinski definition) is 3. The Hall–Kier alpha value is -1.94. The third-order valence-electron chi connectivity index (χ3n) is 4.32. The van der Waals surface area contributed by atoms with Crippen molar-refractivity contribution in [3.63, 3.8) is 0 Å². The van der Waals surface area contributed by atoms with Gasteiger partial charge >= 0.3 is 0 Å². The van der Waals surface area contributed by atoms with Crippen LogP contribution in [0.5, 0.6) is 0 Å². The number of likely N-dealkylation sites (tertiary alicyclic amines) is 1. The van der Waals surface area contributed by atoms with E-state index >= 15 is 0 Å². The highest BCUT2D eigenvalue weighted by Crippen LogP contribution is 2.36. The van der Waals surface area contributed by atoms with Crippen LogP contribution < -0.4 is 0 Å². The molecule has 2 heterocycles. The Balaban J connectivity index is 2.02. The van der Waals surface area contributed by atoms with Gasteiger partial charge in [0.05, 0.1) is 5.41 Å². The highest BCUT2D eigenvalue weighted by Gasteiger charge is 2.42. The lowest BCUT2D eigenvalue weighted by atomic mass is 9.72. The van der Waals surface area contributed by atoms with E-state index in [1.165, 1.54) is 0 Å². The molecule has 0 saturated carbocycles. The summed E-state index contributed by atoms with van der Waals surface area (Å²) in [6.45, 7) is 1.88. The van der Waals surface area contributed by atoms with E-state index in [0.29, 0.717) is 0 Å². The largest absolute Gasteiger partial charge is 0.306 e. The van der Waals surface area contributed by atoms with Crippen LogP contribution in [0.1, 0.15) is 23.2 Å². The van der Waals surface area contributed by atoms with Gasteiger partial charge < -0.3 is 4.90 Å². The Morgan fingerprint density at radius 1 is 1.20 bits per heavy atom. The van der Waals surface area contributed by atoms with Gasteiger partial charge in [0, 0.05) is 12.4 Å². The third kappa shape index (κ3) is 2.16. The molecule has 1 fully saturated rings. The fourth-order valence-corrected chi connectivity index (χ4v) is 3.01. The van der Waals surface area contributed by atoms with E-state index in [4.69, 9.17) is 0 Å². The van der Waals surface area contributed by atoms with E-state index in [-0.39, 0.29) is 5.91 Å². The summed E-state index contributed by atoms with van der Waals surface area (Å²) in [6, 6.07) is 10.2. The number of benzene rings is 1. The zero-order valence-corrected chi connectivity index (χ0v) is 11.7. The molecule has 1 aliphatic heterocycles. The van der Waals surface area contributed by atoms with Crippen molar-refractivity contribution in [2.75, 3.05) is 20.1 Å². The quantitative estimate of drug-likeness (QED) is 0.838. The highest BCUT2D eigenvalue weighted by atomic mass is 16.2. The number of carbonyl (C=O) groups is 1. The zero-order valence-electron chi connectivity index (χ0n) is 11.7. The number of imidazole rings is 1. The first-order valence-electron chi connectivity index (χ1n) is 6.99. The van der Waals surface area contributed by atoms with Crippen LogP contribution in [0, 0.1) is 0 Å². The molecule has 1 aromatic carbocycles. The number of hydrogen-bond donors (Lipinski definition) is 0. The van der Waals surface area contributed by atoms with Crippen molar-refractivity contribution in [3.05, 3.63) is 54.6 Å². The van der Waals surface area contributed by atoms with Crippen molar-refractivity contribution in [2.45, 2.75) is 18.3 Å². The Bertz CT molecular complexity index is 569. The summed E-state index contributed by atoms with van der Waals surface area (Å²) < 4.78 is 1.62. The SMILES string of the molecule is CN1CCC(C(=O)n2ccnc2)(c2ccccc2)CC1. The second kappa shape index (κ2) is 5.21. The summed E-state index contributed by atoms with van der Waals surface area (Å²) in [5.74, 6) is 0.134. The number of rotatable bonds is 2. The van der Waals surface area contributed by atoms with E-state index in [1.807, 2.05) is 18.2 Å². The van der Waals surface area contributed by atoms with Crippen LogP contribution in [0.25, 0.3) is 0 Å². The van der Waals surface area contributed by atoms with Crippen molar-refractivity contribution in [3.8, 4) is 0 Å². The third-order valence-corrected chi connectivity index (χ3v) is 4.32. The van der Waals surface area contributed by atoms with Crippen LogP contribution in [0.3, 0.4) is 0 Å². The first-order chi connectivity index (χ1) is 9.72. The topological polar surface area (TPSA) is 38.1 Å². The van der Waals surface area contributed by atoms with Gasteiger partial charge in [-0.3, -0.25) is 9.36 Å². The Kier molecular flexibility index (Phi) is 3.40. The fraction of sp³-hybridized carbons (Fsp3) is 0.375. The summed E-state index contributed by atoms with van der Waals surface area (Å²) >= 11 is 0. The molecule has 4 nitrogen and oxygen atoms in total. The van der Waals surface area contributed by atoms with Gasteiger partial charge in [0.15, 0.2) is 0 Å². The lowest BCUT2D eigenvalue weighted by Gasteiger charge is -2.39. The van der Waals surface area contributed by atoms with Crippen molar-refractivity contribution in [1.82, 2.24) is 14.5 Å². The smallest absolute Gasteiger partial charge is 0.242 e. The predicted octanol–water partition coefficient (Wildman–Crippen LogP) is 2.19. The molecule has 0 N–H and O–H groups in total. The molecule has 1 aliphatic rings. The molecular formula is C16H19N3O. The Morgan fingerprint density at radius 2 is 1.90 bits per heavy atom. The molecule has 0 radical (unpaired) electrons. The van der Waals surface area contributed by atoms with Gasteiger partial charge in [-0.25, -0.2) is 4.98 Å². The average molecular weight is 269 g/mol. The summed E-state index contributed by atoms with van der Waals surface area (Å²) in [4.78, 5) is 19.3. The molecular weight excluding hydrogens is 250 g/mol. The van der Waals surface area contributed by atoms with Crippen molar-refractivity contribution in [1.29, 1.82) is 0 Å². The van der Waals surface area contributed by atoms with Gasteiger partial charge in [0.25, 0.3) is 0 Å². The second-order valence-corrected chi connectivity index (χ2v) is 5.53. The summed E-state index contributed by atoms with van der Waals surface area (Å²) in [7, 11) is 2.11. The van der Waals surface area contributed by atoms with Gasteiger partial charge in [-0.2, -0.15) is 0 Å². The lowest BCUT2D eigenvalue weighted by molar-refractivity contribution is 0.0702. The fourth-order valence-electron chi connectivity index (χ4n) is 3.01. The molecule has 1 aromatic heterocycles. The zero-order chi connectivity index (χ0) is 14.0. The van der Waals surface area contributed by atoms with Gasteiger partial charge in [-0.1, -0.05) is 30.3 Å². The monoisotopic (exact) mass is 269 g/mol. The van der Waals surface area contributed by atoms with Crippen LogP contribution in [0.15, 0.2) is 49.1 Å². The molecule has 0 aliphatic carbocycles. The average Bonchev–Trinajstić information content (AvgIpc) is 3.03. The summed E-state index contributed by atoms with van der Waals surface area (Å²) in [5.41, 5.74) is 0.695. The summed E-state index contributed by atoms with van der Waals surface area (Å²) in [5, 5.41) is 0. The van der Waals surface area contributed by atoms with Crippen LogP contribution in [-0.4, -0.2) is 40.5 Å². The number of piperidine rings is 1. The first kappa shape index (κ1) is 13.1. The summed E-state index contributed by atoms with van der Waals surface area (Å²) in [6.07, 6.45) is 6.71. The van der Waals surface area contributed by atoms with Crippen LogP contribution >= 0.6 is 0 Å². The molecule has 0 bridgehead atoms. The number of carbonyl (C=O) groups excluding carboxylic acids is 1. The molecule has 1 saturated heterocycles. The first-order valence-corrected chi connectivity index (χ1v) is 6.99. The van der Waals surface area contributed by atoms with Crippen LogP contribution in [0.2, 0.25) is 0 Å². The van der Waals surface area contributed by atoms with Gasteiger partial charge in [-0.15, -0.1) is 0 Å². The van der Waals surface area contributed by atoms with Crippen molar-refractivity contribution >= 4 is 5.91 Å². The number of aromatic nitrogens is 2. The molecule has 20 heavy (non-hydrogen) atoms. The van der Waals surface area contributed by atoms with Gasteiger partial charge in [0.1, 0.15) is 6.33 Å². The van der Waals surface area contributed by atoms with E-state index in [1.54, 1.807) is 23.3 Å². The molecule has 0 amide bonds. The highest BCUT2D eigenvalue weighted by molar-refractivity contribution is 5.90. The van der Waals surface area contributed by atoms with Crippen molar-refractivity contribution in [2.24, 2.45) is 0 Å². The van der Waals surface area contributed by atoms with E-state index in [9.17, 15) is 4.79 Å². The molecule has 3 rings (SSSR count). The predicted molar refractivity (Wildman–Crippen MR) is 77.7 cm³/mol. The second-order valence-electron chi connectivity index (χ2n) is 5.53.